The summed E-state index contributed by atoms with van der Waals surface area (Å²) < 4.78 is 5.27. The predicted molar refractivity (Wildman–Crippen MR) is 91.4 cm³/mol. The molecule has 0 aliphatic carbocycles. The van der Waals surface area contributed by atoms with Crippen LogP contribution in [-0.4, -0.2) is 19.9 Å². The Labute approximate surface area is 131 Å². The fraction of sp³-hybridized carbons (Fsp3) is 0.333. The van der Waals surface area contributed by atoms with Gasteiger partial charge < -0.3 is 10.1 Å². The van der Waals surface area contributed by atoms with Crippen LogP contribution in [0.25, 0.3) is 0 Å². The van der Waals surface area contributed by atoms with Crippen molar-refractivity contribution in [3.8, 4) is 5.75 Å². The lowest BCUT2D eigenvalue weighted by Crippen LogP contribution is -2.18. The van der Waals surface area contributed by atoms with Gasteiger partial charge in [-0.15, -0.1) is 11.8 Å². The number of ether oxygens (including phenoxy) is 1. The zero-order chi connectivity index (χ0) is 15.2. The molecular weight excluding hydrogens is 278 g/mol. The number of benzene rings is 2. The van der Waals surface area contributed by atoms with E-state index < -0.39 is 0 Å². The van der Waals surface area contributed by atoms with E-state index in [9.17, 15) is 0 Å². The second-order valence-electron chi connectivity index (χ2n) is 5.17. The van der Waals surface area contributed by atoms with E-state index in [1.165, 1.54) is 21.6 Å². The van der Waals surface area contributed by atoms with E-state index in [0.29, 0.717) is 6.04 Å². The van der Waals surface area contributed by atoms with Crippen LogP contribution in [0.5, 0.6) is 5.75 Å². The third kappa shape index (κ3) is 4.26. The molecule has 0 heterocycles. The van der Waals surface area contributed by atoms with Crippen molar-refractivity contribution in [1.82, 2.24) is 5.32 Å². The van der Waals surface area contributed by atoms with Crippen molar-refractivity contribution in [1.29, 1.82) is 0 Å². The fourth-order valence-corrected chi connectivity index (χ4v) is 3.29. The SMILES string of the molecule is CNC(CSc1cccc(OC)c1)c1ccc(C)c(C)c1. The van der Waals surface area contributed by atoms with E-state index in [0.717, 1.165) is 11.5 Å². The van der Waals surface area contributed by atoms with Gasteiger partial charge in [0, 0.05) is 16.7 Å². The zero-order valence-electron chi connectivity index (χ0n) is 13.1. The summed E-state index contributed by atoms with van der Waals surface area (Å²) in [5, 5.41) is 3.41. The Morgan fingerprint density at radius 3 is 2.57 bits per heavy atom. The minimum absolute atomic E-state index is 0.348. The van der Waals surface area contributed by atoms with Crippen molar-refractivity contribution in [3.05, 3.63) is 59.2 Å². The Bertz CT molecular complexity index is 598. The smallest absolute Gasteiger partial charge is 0.119 e. The first-order chi connectivity index (χ1) is 10.1. The maximum absolute atomic E-state index is 5.27. The number of thioether (sulfide) groups is 1. The number of nitrogens with one attached hydrogen (secondary N) is 1. The van der Waals surface area contributed by atoms with E-state index in [-0.39, 0.29) is 0 Å². The first kappa shape index (κ1) is 15.9. The quantitative estimate of drug-likeness (QED) is 0.801. The zero-order valence-corrected chi connectivity index (χ0v) is 14.0. The summed E-state index contributed by atoms with van der Waals surface area (Å²) in [6, 6.07) is 15.3. The van der Waals surface area contributed by atoms with Gasteiger partial charge in [-0.1, -0.05) is 24.3 Å². The lowest BCUT2D eigenvalue weighted by Gasteiger charge is -2.17. The number of rotatable bonds is 6. The average Bonchev–Trinajstić information content (AvgIpc) is 2.51. The monoisotopic (exact) mass is 301 g/mol. The summed E-state index contributed by atoms with van der Waals surface area (Å²) in [4.78, 5) is 1.23. The van der Waals surface area contributed by atoms with E-state index in [1.54, 1.807) is 7.11 Å². The predicted octanol–water partition coefficient (Wildman–Crippen LogP) is 4.36. The summed E-state index contributed by atoms with van der Waals surface area (Å²) in [5.41, 5.74) is 4.03. The molecule has 0 saturated carbocycles. The Kier molecular flexibility index (Phi) is 5.71. The summed E-state index contributed by atoms with van der Waals surface area (Å²) in [7, 11) is 3.72. The number of aryl methyl sites for hydroxylation is 2. The Hall–Kier alpha value is -1.45. The molecule has 0 aromatic heterocycles. The lowest BCUT2D eigenvalue weighted by molar-refractivity contribution is 0.413. The highest BCUT2D eigenvalue weighted by Crippen LogP contribution is 2.27. The molecule has 0 fully saturated rings. The van der Waals surface area contributed by atoms with Crippen LogP contribution in [0.15, 0.2) is 47.4 Å². The number of hydrogen-bond acceptors (Lipinski definition) is 3. The van der Waals surface area contributed by atoms with Crippen LogP contribution in [-0.2, 0) is 0 Å². The van der Waals surface area contributed by atoms with Crippen LogP contribution in [0.3, 0.4) is 0 Å². The molecule has 112 valence electrons. The molecule has 0 saturated heterocycles. The third-order valence-corrected chi connectivity index (χ3v) is 4.83. The molecule has 2 aromatic carbocycles. The van der Waals surface area contributed by atoms with Crippen LogP contribution in [0, 0.1) is 13.8 Å². The summed E-state index contributed by atoms with van der Waals surface area (Å²) in [6.07, 6.45) is 0. The van der Waals surface area contributed by atoms with Gasteiger partial charge in [0.2, 0.25) is 0 Å². The van der Waals surface area contributed by atoms with Gasteiger partial charge in [-0.25, -0.2) is 0 Å². The number of methoxy groups -OCH3 is 1. The minimum Gasteiger partial charge on any atom is -0.497 e. The van der Waals surface area contributed by atoms with Crippen molar-refractivity contribution >= 4 is 11.8 Å². The van der Waals surface area contributed by atoms with Crippen LogP contribution in [0.4, 0.5) is 0 Å². The number of hydrogen-bond donors (Lipinski definition) is 1. The highest BCUT2D eigenvalue weighted by molar-refractivity contribution is 7.99. The Morgan fingerprint density at radius 2 is 1.90 bits per heavy atom. The molecule has 3 heteroatoms. The second-order valence-corrected chi connectivity index (χ2v) is 6.27. The molecule has 0 bridgehead atoms. The van der Waals surface area contributed by atoms with Gasteiger partial charge in [0.05, 0.1) is 7.11 Å². The van der Waals surface area contributed by atoms with E-state index in [1.807, 2.05) is 30.9 Å². The van der Waals surface area contributed by atoms with E-state index in [4.69, 9.17) is 4.74 Å². The molecule has 0 amide bonds. The molecule has 1 unspecified atom stereocenters. The molecule has 0 radical (unpaired) electrons. The van der Waals surface area contributed by atoms with Gasteiger partial charge in [-0.2, -0.15) is 0 Å². The topological polar surface area (TPSA) is 21.3 Å². The molecule has 0 aliphatic rings. The molecule has 2 rings (SSSR count). The first-order valence-corrected chi connectivity index (χ1v) is 8.14. The molecule has 0 aliphatic heterocycles. The van der Waals surface area contributed by atoms with Gasteiger partial charge in [-0.3, -0.25) is 0 Å². The molecule has 2 nitrogen and oxygen atoms in total. The van der Waals surface area contributed by atoms with Crippen LogP contribution in [0.2, 0.25) is 0 Å². The lowest BCUT2D eigenvalue weighted by atomic mass is 10.0. The Balaban J connectivity index is 2.06. The van der Waals surface area contributed by atoms with Gasteiger partial charge >= 0.3 is 0 Å². The molecule has 1 N–H and O–H groups in total. The minimum atomic E-state index is 0.348. The van der Waals surface area contributed by atoms with E-state index >= 15 is 0 Å². The summed E-state index contributed by atoms with van der Waals surface area (Å²) >= 11 is 1.85. The Morgan fingerprint density at radius 1 is 1.10 bits per heavy atom. The van der Waals surface area contributed by atoms with Crippen LogP contribution in [0.1, 0.15) is 22.7 Å². The maximum atomic E-state index is 5.27. The summed E-state index contributed by atoms with van der Waals surface area (Å²) in [5.74, 6) is 1.90. The van der Waals surface area contributed by atoms with Crippen molar-refractivity contribution in [2.24, 2.45) is 0 Å². The van der Waals surface area contributed by atoms with Crippen molar-refractivity contribution < 1.29 is 4.74 Å². The molecule has 21 heavy (non-hydrogen) atoms. The van der Waals surface area contributed by atoms with Crippen molar-refractivity contribution in [2.45, 2.75) is 24.8 Å². The fourth-order valence-electron chi connectivity index (χ4n) is 2.20. The van der Waals surface area contributed by atoms with Gasteiger partial charge in [-0.05, 0) is 55.8 Å². The van der Waals surface area contributed by atoms with E-state index in [2.05, 4.69) is 49.5 Å². The molecular formula is C18H23NOS. The van der Waals surface area contributed by atoms with Crippen molar-refractivity contribution in [2.75, 3.05) is 19.9 Å². The maximum Gasteiger partial charge on any atom is 0.119 e. The first-order valence-electron chi connectivity index (χ1n) is 7.15. The highest BCUT2D eigenvalue weighted by Gasteiger charge is 2.11. The third-order valence-electron chi connectivity index (χ3n) is 3.74. The summed E-state index contributed by atoms with van der Waals surface area (Å²) in [6.45, 7) is 4.32. The highest BCUT2D eigenvalue weighted by atomic mass is 32.2. The van der Waals surface area contributed by atoms with Gasteiger partial charge in [0.25, 0.3) is 0 Å². The molecule has 2 aromatic rings. The molecule has 1 atom stereocenters. The van der Waals surface area contributed by atoms with Gasteiger partial charge in [0.1, 0.15) is 5.75 Å². The van der Waals surface area contributed by atoms with Crippen molar-refractivity contribution in [3.63, 3.8) is 0 Å². The standard InChI is InChI=1S/C18H23NOS/c1-13-8-9-15(10-14(13)2)18(19-3)12-21-17-7-5-6-16(11-17)20-4/h5-11,18-19H,12H2,1-4H3. The second kappa shape index (κ2) is 7.53. The normalized spacial score (nSPS) is 12.2. The van der Waals surface area contributed by atoms with Gasteiger partial charge in [0.15, 0.2) is 0 Å². The van der Waals surface area contributed by atoms with Crippen LogP contribution < -0.4 is 10.1 Å². The molecule has 0 spiro atoms. The average molecular weight is 301 g/mol. The largest absolute Gasteiger partial charge is 0.497 e. The van der Waals surface area contributed by atoms with Crippen LogP contribution >= 0.6 is 11.8 Å².